The third-order valence-electron chi connectivity index (χ3n) is 4.21. The van der Waals surface area contributed by atoms with Crippen LogP contribution in [0.15, 0.2) is 18.6 Å². The molecule has 0 amide bonds. The van der Waals surface area contributed by atoms with E-state index < -0.39 is 0 Å². The lowest BCUT2D eigenvalue weighted by atomic mass is 9.73. The number of fused-ring (bicyclic) bond motifs is 1. The topological polar surface area (TPSA) is 68.2 Å². The van der Waals surface area contributed by atoms with Crippen molar-refractivity contribution in [2.24, 2.45) is 5.41 Å². The van der Waals surface area contributed by atoms with Crippen molar-refractivity contribution >= 4 is 17.3 Å². The number of anilines is 2. The molecule has 1 fully saturated rings. The fraction of sp³-hybridized carbons (Fsp3) is 0.571. The molecule has 5 nitrogen and oxygen atoms in total. The van der Waals surface area contributed by atoms with Crippen molar-refractivity contribution in [1.82, 2.24) is 14.4 Å². The first-order valence-corrected chi connectivity index (χ1v) is 6.92. The van der Waals surface area contributed by atoms with Crippen molar-refractivity contribution in [3.05, 3.63) is 18.6 Å². The van der Waals surface area contributed by atoms with Gasteiger partial charge in [-0.3, -0.25) is 0 Å². The minimum atomic E-state index is 0.286. The van der Waals surface area contributed by atoms with Crippen molar-refractivity contribution in [2.75, 3.05) is 11.1 Å². The molecule has 102 valence electrons. The first-order valence-electron chi connectivity index (χ1n) is 6.92. The molecule has 0 radical (unpaired) electrons. The Bertz CT molecular complexity index is 587. The third kappa shape index (κ3) is 2.25. The fourth-order valence-corrected chi connectivity index (χ4v) is 2.97. The van der Waals surface area contributed by atoms with Crippen LogP contribution in [-0.4, -0.2) is 20.4 Å². The van der Waals surface area contributed by atoms with Gasteiger partial charge in [0.1, 0.15) is 5.82 Å². The molecule has 19 heavy (non-hydrogen) atoms. The van der Waals surface area contributed by atoms with Gasteiger partial charge in [0.2, 0.25) is 0 Å². The lowest BCUT2D eigenvalue weighted by Gasteiger charge is -2.39. The SMILES string of the molecule is CC1(C)CCCCC1Nc1nc(N)cn2ccnc12. The lowest BCUT2D eigenvalue weighted by molar-refractivity contribution is 0.217. The van der Waals surface area contributed by atoms with Crippen LogP contribution in [0.3, 0.4) is 0 Å². The molecular weight excluding hydrogens is 238 g/mol. The molecule has 0 aromatic carbocycles. The summed E-state index contributed by atoms with van der Waals surface area (Å²) in [5.41, 5.74) is 6.99. The number of nitrogen functional groups attached to an aromatic ring is 1. The zero-order chi connectivity index (χ0) is 13.5. The van der Waals surface area contributed by atoms with E-state index >= 15 is 0 Å². The second-order valence-corrected chi connectivity index (χ2v) is 6.10. The zero-order valence-corrected chi connectivity index (χ0v) is 11.6. The largest absolute Gasteiger partial charge is 0.382 e. The van der Waals surface area contributed by atoms with Gasteiger partial charge in [-0.1, -0.05) is 26.7 Å². The van der Waals surface area contributed by atoms with E-state index in [0.717, 1.165) is 11.5 Å². The van der Waals surface area contributed by atoms with Gasteiger partial charge < -0.3 is 15.5 Å². The van der Waals surface area contributed by atoms with E-state index in [1.54, 1.807) is 12.4 Å². The highest BCUT2D eigenvalue weighted by atomic mass is 15.1. The van der Waals surface area contributed by atoms with Gasteiger partial charge >= 0.3 is 0 Å². The molecule has 2 heterocycles. The van der Waals surface area contributed by atoms with Crippen LogP contribution in [0.5, 0.6) is 0 Å². The maximum absolute atomic E-state index is 5.86. The van der Waals surface area contributed by atoms with E-state index in [0.29, 0.717) is 11.9 Å². The monoisotopic (exact) mass is 259 g/mol. The predicted molar refractivity (Wildman–Crippen MR) is 77.1 cm³/mol. The third-order valence-corrected chi connectivity index (χ3v) is 4.21. The first-order chi connectivity index (χ1) is 9.06. The molecule has 2 aromatic rings. The van der Waals surface area contributed by atoms with Crippen LogP contribution in [0, 0.1) is 5.41 Å². The number of rotatable bonds is 2. The normalized spacial score (nSPS) is 22.5. The summed E-state index contributed by atoms with van der Waals surface area (Å²) in [6, 6.07) is 0.427. The van der Waals surface area contributed by atoms with Crippen molar-refractivity contribution in [2.45, 2.75) is 45.6 Å². The summed E-state index contributed by atoms with van der Waals surface area (Å²) < 4.78 is 1.92. The molecule has 1 aliphatic rings. The number of nitrogens with two attached hydrogens (primary N) is 1. The van der Waals surface area contributed by atoms with Gasteiger partial charge in [0.15, 0.2) is 11.5 Å². The molecule has 0 aliphatic heterocycles. The minimum Gasteiger partial charge on any atom is -0.382 e. The second-order valence-electron chi connectivity index (χ2n) is 6.10. The van der Waals surface area contributed by atoms with Gasteiger partial charge in [-0.15, -0.1) is 0 Å². The Hall–Kier alpha value is -1.78. The molecule has 1 atom stereocenters. The smallest absolute Gasteiger partial charge is 0.180 e. The Labute approximate surface area is 113 Å². The van der Waals surface area contributed by atoms with E-state index in [4.69, 9.17) is 5.73 Å². The summed E-state index contributed by atoms with van der Waals surface area (Å²) in [6.07, 6.45) is 10.5. The van der Waals surface area contributed by atoms with E-state index in [2.05, 4.69) is 29.1 Å². The number of hydrogen-bond acceptors (Lipinski definition) is 4. The highest BCUT2D eigenvalue weighted by Crippen LogP contribution is 2.37. The molecule has 5 heteroatoms. The maximum Gasteiger partial charge on any atom is 0.180 e. The first kappa shape index (κ1) is 12.3. The number of nitrogens with one attached hydrogen (secondary N) is 1. The maximum atomic E-state index is 5.86. The van der Waals surface area contributed by atoms with E-state index in [1.807, 2.05) is 10.6 Å². The van der Waals surface area contributed by atoms with Crippen LogP contribution in [0.4, 0.5) is 11.6 Å². The molecule has 1 aliphatic carbocycles. The molecule has 1 unspecified atom stereocenters. The highest BCUT2D eigenvalue weighted by molar-refractivity contribution is 5.65. The lowest BCUT2D eigenvalue weighted by Crippen LogP contribution is -2.39. The summed E-state index contributed by atoms with van der Waals surface area (Å²) in [6.45, 7) is 4.64. The standard InChI is InChI=1S/C14H21N5/c1-14(2)6-4-3-5-10(14)17-12-13-16-7-8-19(13)9-11(15)18-12/h7-10H,3-6,15H2,1-2H3,(H,17,18). The summed E-state index contributed by atoms with van der Waals surface area (Å²) in [7, 11) is 0. The summed E-state index contributed by atoms with van der Waals surface area (Å²) in [5, 5.41) is 3.57. The van der Waals surface area contributed by atoms with Crippen molar-refractivity contribution in [3.8, 4) is 0 Å². The molecule has 0 bridgehead atoms. The zero-order valence-electron chi connectivity index (χ0n) is 11.6. The van der Waals surface area contributed by atoms with Crippen LogP contribution < -0.4 is 11.1 Å². The highest BCUT2D eigenvalue weighted by Gasteiger charge is 2.32. The Morgan fingerprint density at radius 3 is 3.05 bits per heavy atom. The average molecular weight is 259 g/mol. The van der Waals surface area contributed by atoms with Crippen LogP contribution in [0.1, 0.15) is 39.5 Å². The van der Waals surface area contributed by atoms with Gasteiger partial charge in [-0.25, -0.2) is 9.97 Å². The number of hydrogen-bond donors (Lipinski definition) is 2. The van der Waals surface area contributed by atoms with Gasteiger partial charge in [0.25, 0.3) is 0 Å². The number of nitrogens with zero attached hydrogens (tertiary/aromatic N) is 3. The van der Waals surface area contributed by atoms with E-state index in [-0.39, 0.29) is 5.41 Å². The van der Waals surface area contributed by atoms with Crippen LogP contribution in [-0.2, 0) is 0 Å². The summed E-state index contributed by atoms with van der Waals surface area (Å²) in [5.74, 6) is 1.31. The van der Waals surface area contributed by atoms with Crippen LogP contribution in [0.25, 0.3) is 5.65 Å². The Morgan fingerprint density at radius 1 is 1.42 bits per heavy atom. The van der Waals surface area contributed by atoms with Gasteiger partial charge in [-0.2, -0.15) is 0 Å². The van der Waals surface area contributed by atoms with Crippen molar-refractivity contribution in [1.29, 1.82) is 0 Å². The Morgan fingerprint density at radius 2 is 2.26 bits per heavy atom. The molecule has 3 N–H and O–H groups in total. The summed E-state index contributed by atoms with van der Waals surface area (Å²) >= 11 is 0. The molecule has 2 aromatic heterocycles. The van der Waals surface area contributed by atoms with Crippen LogP contribution >= 0.6 is 0 Å². The number of imidazole rings is 1. The Kier molecular flexibility index (Phi) is 2.84. The second kappa shape index (κ2) is 4.40. The van der Waals surface area contributed by atoms with Crippen molar-refractivity contribution in [3.63, 3.8) is 0 Å². The Balaban J connectivity index is 1.94. The molecule has 1 saturated carbocycles. The van der Waals surface area contributed by atoms with Gasteiger partial charge in [0, 0.05) is 18.4 Å². The number of aromatic nitrogens is 3. The fourth-order valence-electron chi connectivity index (χ4n) is 2.97. The summed E-state index contributed by atoms with van der Waals surface area (Å²) in [4.78, 5) is 8.77. The minimum absolute atomic E-state index is 0.286. The van der Waals surface area contributed by atoms with Crippen LogP contribution in [0.2, 0.25) is 0 Å². The van der Waals surface area contributed by atoms with Gasteiger partial charge in [0.05, 0.1) is 6.20 Å². The van der Waals surface area contributed by atoms with E-state index in [9.17, 15) is 0 Å². The van der Waals surface area contributed by atoms with Crippen molar-refractivity contribution < 1.29 is 0 Å². The predicted octanol–water partition coefficient (Wildman–Crippen LogP) is 2.69. The molecular formula is C14H21N5. The quantitative estimate of drug-likeness (QED) is 0.870. The molecule has 0 spiro atoms. The van der Waals surface area contributed by atoms with Gasteiger partial charge in [-0.05, 0) is 18.3 Å². The average Bonchev–Trinajstić information content (AvgIpc) is 2.79. The molecule has 0 saturated heterocycles. The molecule has 3 rings (SSSR count). The van der Waals surface area contributed by atoms with E-state index in [1.165, 1.54) is 25.7 Å².